The molecular weight excluding hydrogens is 232 g/mol. The summed E-state index contributed by atoms with van der Waals surface area (Å²) >= 11 is 0. The van der Waals surface area contributed by atoms with Crippen molar-refractivity contribution < 1.29 is 19.4 Å². The first-order valence-electron chi connectivity index (χ1n) is 5.44. The van der Waals surface area contributed by atoms with E-state index < -0.39 is 11.9 Å². The maximum absolute atomic E-state index is 12.0. The zero-order valence-corrected chi connectivity index (χ0v) is 9.84. The Bertz CT molecular complexity index is 478. The number of hydrogen-bond donors (Lipinski definition) is 2. The molecule has 2 atom stereocenters. The SMILES string of the molecule is [B]CN[C@@H](C)C(=O)c1ccc2c(c1)OC([B])(O)O2. The van der Waals surface area contributed by atoms with Gasteiger partial charge in [-0.1, -0.05) is 0 Å². The highest BCUT2D eigenvalue weighted by Crippen LogP contribution is 2.37. The van der Waals surface area contributed by atoms with Gasteiger partial charge in [-0.3, -0.25) is 4.79 Å². The van der Waals surface area contributed by atoms with E-state index in [1.165, 1.54) is 12.1 Å². The van der Waals surface area contributed by atoms with E-state index >= 15 is 0 Å². The van der Waals surface area contributed by atoms with Gasteiger partial charge < -0.3 is 19.9 Å². The Morgan fingerprint density at radius 2 is 2.17 bits per heavy atom. The lowest BCUT2D eigenvalue weighted by Gasteiger charge is -2.15. The summed E-state index contributed by atoms with van der Waals surface area (Å²) in [5, 5.41) is 12.2. The number of Topliss-reactive ketones (excluding diaryl/α,β-unsaturated/α-hetero) is 1. The number of carbonyl (C=O) groups excluding carboxylic acids is 1. The molecule has 2 N–H and O–H groups in total. The van der Waals surface area contributed by atoms with Crippen molar-refractivity contribution in [3.05, 3.63) is 23.8 Å². The van der Waals surface area contributed by atoms with Crippen LogP contribution in [0.15, 0.2) is 18.2 Å². The zero-order chi connectivity index (χ0) is 13.3. The monoisotopic (exact) mass is 243 g/mol. The number of carbonyl (C=O) groups is 1. The predicted molar refractivity (Wildman–Crippen MR) is 66.0 cm³/mol. The van der Waals surface area contributed by atoms with Crippen LogP contribution in [0.5, 0.6) is 11.5 Å². The maximum atomic E-state index is 12.0. The third-order valence-electron chi connectivity index (χ3n) is 2.56. The minimum Gasteiger partial charge on any atom is -0.435 e. The number of ether oxygens (including phenoxy) is 2. The number of aliphatic hydroxyl groups is 1. The van der Waals surface area contributed by atoms with Crippen LogP contribution >= 0.6 is 0 Å². The Morgan fingerprint density at radius 1 is 1.50 bits per heavy atom. The van der Waals surface area contributed by atoms with Gasteiger partial charge in [0, 0.05) is 5.56 Å². The van der Waals surface area contributed by atoms with Crippen LogP contribution in [0.3, 0.4) is 0 Å². The van der Waals surface area contributed by atoms with Crippen molar-refractivity contribution in [2.24, 2.45) is 0 Å². The van der Waals surface area contributed by atoms with Crippen molar-refractivity contribution in [2.45, 2.75) is 18.8 Å². The van der Waals surface area contributed by atoms with Crippen LogP contribution in [0, 0.1) is 0 Å². The molecule has 1 unspecified atom stereocenters. The second-order valence-corrected chi connectivity index (χ2v) is 3.99. The third-order valence-corrected chi connectivity index (χ3v) is 2.56. The molecule has 5 nitrogen and oxygen atoms in total. The largest absolute Gasteiger partial charge is 0.435 e. The molecule has 0 aliphatic carbocycles. The summed E-state index contributed by atoms with van der Waals surface area (Å²) in [5.41, 5.74) is 0.420. The molecular formula is C11H11B2NO4. The molecule has 0 fully saturated rings. The lowest BCUT2D eigenvalue weighted by Crippen LogP contribution is -2.38. The van der Waals surface area contributed by atoms with Crippen molar-refractivity contribution >= 4 is 21.5 Å². The molecule has 0 amide bonds. The quantitative estimate of drug-likeness (QED) is 0.552. The molecule has 0 aromatic heterocycles. The van der Waals surface area contributed by atoms with E-state index in [0.717, 1.165) is 0 Å². The molecule has 7 heteroatoms. The second-order valence-electron chi connectivity index (χ2n) is 3.99. The highest BCUT2D eigenvalue weighted by atomic mass is 16.8. The molecule has 4 radical (unpaired) electrons. The second kappa shape index (κ2) is 4.66. The van der Waals surface area contributed by atoms with Crippen LogP contribution in [-0.2, 0) is 0 Å². The zero-order valence-electron chi connectivity index (χ0n) is 9.84. The lowest BCUT2D eigenvalue weighted by atomic mass is 10.0. The van der Waals surface area contributed by atoms with Gasteiger partial charge in [0.1, 0.15) is 0 Å². The van der Waals surface area contributed by atoms with Gasteiger partial charge in [0.15, 0.2) is 17.3 Å². The first-order chi connectivity index (χ1) is 8.43. The molecule has 1 aromatic rings. The normalized spacial score (nSPS) is 22.8. The smallest absolute Gasteiger partial charge is 0.302 e. The number of fused-ring (bicyclic) bond motifs is 1. The van der Waals surface area contributed by atoms with E-state index in [9.17, 15) is 9.90 Å². The average Bonchev–Trinajstić information content (AvgIpc) is 2.60. The minimum absolute atomic E-state index is 0.140. The van der Waals surface area contributed by atoms with Gasteiger partial charge in [0.2, 0.25) is 7.85 Å². The van der Waals surface area contributed by atoms with E-state index in [0.29, 0.717) is 5.56 Å². The van der Waals surface area contributed by atoms with E-state index in [2.05, 4.69) is 5.32 Å². The van der Waals surface area contributed by atoms with Gasteiger partial charge in [-0.2, -0.15) is 0 Å². The molecule has 0 saturated carbocycles. The van der Waals surface area contributed by atoms with Crippen molar-refractivity contribution in [2.75, 3.05) is 6.44 Å². The molecule has 1 heterocycles. The summed E-state index contributed by atoms with van der Waals surface area (Å²) in [6, 6.07) is 4.15. The summed E-state index contributed by atoms with van der Waals surface area (Å²) in [5.74, 6) is -1.80. The molecule has 0 bridgehead atoms. The fourth-order valence-electron chi connectivity index (χ4n) is 1.68. The lowest BCUT2D eigenvalue weighted by molar-refractivity contribution is -0.178. The van der Waals surface area contributed by atoms with Crippen LogP contribution in [0.1, 0.15) is 17.3 Å². The summed E-state index contributed by atoms with van der Waals surface area (Å²) in [4.78, 5) is 12.0. The number of ketones is 1. The first-order valence-corrected chi connectivity index (χ1v) is 5.44. The Hall–Kier alpha value is -1.46. The molecule has 1 aromatic carbocycles. The van der Waals surface area contributed by atoms with Crippen LogP contribution < -0.4 is 14.8 Å². The van der Waals surface area contributed by atoms with E-state index in [4.69, 9.17) is 25.2 Å². The van der Waals surface area contributed by atoms with Crippen molar-refractivity contribution in [3.63, 3.8) is 0 Å². The molecule has 1 aliphatic rings. The van der Waals surface area contributed by atoms with Crippen LogP contribution in [0.4, 0.5) is 0 Å². The predicted octanol–water partition coefficient (Wildman–Crippen LogP) is -0.483. The third kappa shape index (κ3) is 2.52. The molecule has 1 aliphatic heterocycles. The van der Waals surface area contributed by atoms with Crippen LogP contribution in [0.25, 0.3) is 0 Å². The van der Waals surface area contributed by atoms with Crippen molar-refractivity contribution in [1.82, 2.24) is 5.32 Å². The van der Waals surface area contributed by atoms with Crippen molar-refractivity contribution in [1.29, 1.82) is 0 Å². The average molecular weight is 243 g/mol. The number of nitrogens with one attached hydrogen (secondary N) is 1. The Kier molecular flexibility index (Phi) is 3.36. The van der Waals surface area contributed by atoms with Gasteiger partial charge >= 0.3 is 5.87 Å². The first kappa shape index (κ1) is 13.0. The summed E-state index contributed by atoms with van der Waals surface area (Å²) in [6.45, 7) is 1.71. The minimum atomic E-state index is -2.18. The summed E-state index contributed by atoms with van der Waals surface area (Å²) in [6.07, 6.45) is 0.208. The van der Waals surface area contributed by atoms with Crippen molar-refractivity contribution in [3.8, 4) is 11.5 Å². The maximum Gasteiger partial charge on any atom is 0.302 e. The topological polar surface area (TPSA) is 67.8 Å². The Labute approximate surface area is 107 Å². The standard InChI is InChI=1S/C11H11B2NO4/c1-6(14-5-12)10(15)7-2-3-8-9(4-7)18-11(13,16)17-8/h2-4,6,14,16H,5H2,1H3/t6-,11?/m0/s1. The van der Waals surface area contributed by atoms with Crippen LogP contribution in [0.2, 0.25) is 0 Å². The van der Waals surface area contributed by atoms with Gasteiger partial charge in [-0.05, 0) is 31.6 Å². The highest BCUT2D eigenvalue weighted by Gasteiger charge is 2.34. The highest BCUT2D eigenvalue weighted by molar-refractivity contribution is 6.13. The van der Waals surface area contributed by atoms with E-state index in [-0.39, 0.29) is 23.7 Å². The Morgan fingerprint density at radius 3 is 2.83 bits per heavy atom. The van der Waals surface area contributed by atoms with Gasteiger partial charge in [0.25, 0.3) is 0 Å². The van der Waals surface area contributed by atoms with Gasteiger partial charge in [0.05, 0.1) is 13.9 Å². The fourth-order valence-corrected chi connectivity index (χ4v) is 1.68. The molecule has 0 saturated heterocycles. The van der Waals surface area contributed by atoms with E-state index in [1.54, 1.807) is 13.0 Å². The van der Waals surface area contributed by atoms with E-state index in [1.807, 2.05) is 0 Å². The number of rotatable bonds is 4. The molecule has 2 rings (SSSR count). The fraction of sp³-hybridized carbons (Fsp3) is 0.364. The molecule has 90 valence electrons. The molecule has 18 heavy (non-hydrogen) atoms. The molecule has 0 spiro atoms. The van der Waals surface area contributed by atoms with Gasteiger partial charge in [-0.15, -0.1) is 0 Å². The summed E-state index contributed by atoms with van der Waals surface area (Å²) < 4.78 is 9.84. The number of hydrogen-bond acceptors (Lipinski definition) is 5. The van der Waals surface area contributed by atoms with Gasteiger partial charge in [-0.25, -0.2) is 0 Å². The summed E-state index contributed by atoms with van der Waals surface area (Å²) in [7, 11) is 10.6. The van der Waals surface area contributed by atoms with Crippen LogP contribution in [-0.4, -0.2) is 44.9 Å². The Balaban J connectivity index is 2.21. The number of benzene rings is 1.